The van der Waals surface area contributed by atoms with Gasteiger partial charge in [0.15, 0.2) is 0 Å². The molecule has 1 aromatic rings. The summed E-state index contributed by atoms with van der Waals surface area (Å²) in [6.45, 7) is 3.90. The van der Waals surface area contributed by atoms with Crippen LogP contribution in [0.2, 0.25) is 0 Å². The van der Waals surface area contributed by atoms with Crippen molar-refractivity contribution < 1.29 is 13.2 Å². The number of sulfonamides is 1. The summed E-state index contributed by atoms with van der Waals surface area (Å²) in [7, 11) is -3.36. The predicted molar refractivity (Wildman–Crippen MR) is 69.4 cm³/mol. The second kappa shape index (κ2) is 5.88. The number of ether oxygens (including phenoxy) is 1. The van der Waals surface area contributed by atoms with E-state index in [2.05, 4.69) is 4.72 Å². The lowest BCUT2D eigenvalue weighted by molar-refractivity contribution is 0.0913. The van der Waals surface area contributed by atoms with Crippen LogP contribution >= 0.6 is 0 Å². The monoisotopic (exact) mass is 258 g/mol. The second-order valence-electron chi connectivity index (χ2n) is 3.96. The maximum Gasteiger partial charge on any atom is 0.234 e. The Balaban J connectivity index is 2.52. The van der Waals surface area contributed by atoms with E-state index in [0.717, 1.165) is 0 Å². The molecule has 0 bridgehead atoms. The van der Waals surface area contributed by atoms with Gasteiger partial charge < -0.3 is 10.5 Å². The van der Waals surface area contributed by atoms with E-state index in [1.807, 2.05) is 13.8 Å². The van der Waals surface area contributed by atoms with Crippen LogP contribution in [-0.4, -0.2) is 26.9 Å². The number of nitrogens with two attached hydrogens (primary N) is 1. The molecule has 0 aliphatic rings. The molecule has 3 N–H and O–H groups in total. The molecule has 0 amide bonds. The van der Waals surface area contributed by atoms with Gasteiger partial charge >= 0.3 is 0 Å². The molecule has 1 aromatic carbocycles. The van der Waals surface area contributed by atoms with Crippen LogP contribution < -0.4 is 10.5 Å². The molecule has 0 spiro atoms. The molecule has 0 aromatic heterocycles. The molecular weight excluding hydrogens is 240 g/mol. The Bertz CT molecular complexity index is 440. The fraction of sp³-hybridized carbons (Fsp3) is 0.455. The summed E-state index contributed by atoms with van der Waals surface area (Å²) in [4.78, 5) is 0. The number of hydrogen-bond donors (Lipinski definition) is 2. The lowest BCUT2D eigenvalue weighted by atomic mass is 10.3. The van der Waals surface area contributed by atoms with Crippen molar-refractivity contribution in [1.82, 2.24) is 0 Å². The van der Waals surface area contributed by atoms with E-state index in [-0.39, 0.29) is 18.5 Å². The maximum atomic E-state index is 11.6. The van der Waals surface area contributed by atoms with Gasteiger partial charge in [0.2, 0.25) is 10.0 Å². The first-order chi connectivity index (χ1) is 7.89. The van der Waals surface area contributed by atoms with Crippen molar-refractivity contribution in [2.75, 3.05) is 22.8 Å². The van der Waals surface area contributed by atoms with Crippen molar-refractivity contribution >= 4 is 21.4 Å². The first-order valence-corrected chi connectivity index (χ1v) is 7.02. The van der Waals surface area contributed by atoms with E-state index in [0.29, 0.717) is 11.4 Å². The third-order valence-electron chi connectivity index (χ3n) is 1.99. The molecule has 0 fully saturated rings. The number of rotatable bonds is 6. The quantitative estimate of drug-likeness (QED) is 0.756. The average molecular weight is 258 g/mol. The van der Waals surface area contributed by atoms with Gasteiger partial charge in [-0.15, -0.1) is 0 Å². The van der Waals surface area contributed by atoms with Crippen molar-refractivity contribution in [3.8, 4) is 0 Å². The molecule has 17 heavy (non-hydrogen) atoms. The van der Waals surface area contributed by atoms with Crippen LogP contribution in [0.4, 0.5) is 11.4 Å². The van der Waals surface area contributed by atoms with Crippen LogP contribution in [-0.2, 0) is 14.8 Å². The van der Waals surface area contributed by atoms with E-state index in [1.165, 1.54) is 0 Å². The van der Waals surface area contributed by atoms with Gasteiger partial charge in [0.25, 0.3) is 0 Å². The molecule has 6 heteroatoms. The summed E-state index contributed by atoms with van der Waals surface area (Å²) in [6.07, 6.45) is 0.0294. The summed E-state index contributed by atoms with van der Waals surface area (Å²) in [5.74, 6) is -0.0600. The van der Waals surface area contributed by atoms with Crippen LogP contribution in [0.1, 0.15) is 13.8 Å². The van der Waals surface area contributed by atoms with E-state index in [4.69, 9.17) is 10.5 Å². The van der Waals surface area contributed by atoms with Crippen molar-refractivity contribution in [2.24, 2.45) is 0 Å². The van der Waals surface area contributed by atoms with E-state index < -0.39 is 10.0 Å². The van der Waals surface area contributed by atoms with Gasteiger partial charge in [-0.25, -0.2) is 8.42 Å². The normalized spacial score (nSPS) is 11.7. The number of nitrogens with one attached hydrogen (secondary N) is 1. The standard InChI is InChI=1S/C11H18N2O3S/c1-9(2)16-7-8-17(14,15)13-11-5-3-10(12)4-6-11/h3-6,9,13H,7-8,12H2,1-2H3. The van der Waals surface area contributed by atoms with Crippen LogP contribution in [0.3, 0.4) is 0 Å². The van der Waals surface area contributed by atoms with E-state index in [9.17, 15) is 8.42 Å². The highest BCUT2D eigenvalue weighted by Crippen LogP contribution is 2.12. The van der Waals surface area contributed by atoms with Crippen molar-refractivity contribution in [2.45, 2.75) is 20.0 Å². The minimum atomic E-state index is -3.36. The van der Waals surface area contributed by atoms with Gasteiger partial charge in [-0.1, -0.05) is 0 Å². The zero-order valence-electron chi connectivity index (χ0n) is 10.0. The number of hydrogen-bond acceptors (Lipinski definition) is 4. The Kier molecular flexibility index (Phi) is 4.77. The third-order valence-corrected chi connectivity index (χ3v) is 3.24. The van der Waals surface area contributed by atoms with Crippen molar-refractivity contribution in [1.29, 1.82) is 0 Å². The largest absolute Gasteiger partial charge is 0.399 e. The molecule has 0 atom stereocenters. The first-order valence-electron chi connectivity index (χ1n) is 5.37. The minimum Gasteiger partial charge on any atom is -0.399 e. The molecule has 0 saturated carbocycles. The third kappa shape index (κ3) is 5.55. The molecule has 0 aliphatic carbocycles. The molecule has 5 nitrogen and oxygen atoms in total. The Morgan fingerprint density at radius 2 is 1.88 bits per heavy atom. The van der Waals surface area contributed by atoms with Gasteiger partial charge in [0, 0.05) is 11.4 Å². The molecule has 0 heterocycles. The van der Waals surface area contributed by atoms with Crippen LogP contribution in [0.25, 0.3) is 0 Å². The summed E-state index contributed by atoms with van der Waals surface area (Å²) in [6, 6.07) is 6.53. The van der Waals surface area contributed by atoms with Crippen molar-refractivity contribution in [3.63, 3.8) is 0 Å². The first kappa shape index (κ1) is 13.8. The van der Waals surface area contributed by atoms with Gasteiger partial charge in [0.1, 0.15) is 0 Å². The molecule has 0 aliphatic heterocycles. The van der Waals surface area contributed by atoms with Crippen LogP contribution in [0, 0.1) is 0 Å². The number of nitrogen functional groups attached to an aromatic ring is 1. The highest BCUT2D eigenvalue weighted by Gasteiger charge is 2.10. The minimum absolute atomic E-state index is 0.0294. The van der Waals surface area contributed by atoms with E-state index in [1.54, 1.807) is 24.3 Å². The van der Waals surface area contributed by atoms with Gasteiger partial charge in [-0.05, 0) is 38.1 Å². The Morgan fingerprint density at radius 3 is 2.41 bits per heavy atom. The molecule has 0 radical (unpaired) electrons. The molecule has 0 saturated heterocycles. The summed E-state index contributed by atoms with van der Waals surface area (Å²) >= 11 is 0. The molecule has 1 rings (SSSR count). The average Bonchev–Trinajstić information content (AvgIpc) is 2.20. The Labute approximate surface area is 102 Å². The lowest BCUT2D eigenvalue weighted by Crippen LogP contribution is -2.21. The zero-order chi connectivity index (χ0) is 12.9. The molecular formula is C11H18N2O3S. The molecule has 0 unspecified atom stereocenters. The maximum absolute atomic E-state index is 11.6. The van der Waals surface area contributed by atoms with Gasteiger partial charge in [0.05, 0.1) is 18.5 Å². The van der Waals surface area contributed by atoms with Gasteiger partial charge in [-0.2, -0.15) is 0 Å². The topological polar surface area (TPSA) is 81.4 Å². The van der Waals surface area contributed by atoms with Crippen LogP contribution in [0.15, 0.2) is 24.3 Å². The fourth-order valence-corrected chi connectivity index (χ4v) is 2.09. The zero-order valence-corrected chi connectivity index (χ0v) is 10.8. The molecule has 96 valence electrons. The van der Waals surface area contributed by atoms with Gasteiger partial charge in [-0.3, -0.25) is 4.72 Å². The number of benzene rings is 1. The highest BCUT2D eigenvalue weighted by molar-refractivity contribution is 7.92. The summed E-state index contributed by atoms with van der Waals surface area (Å²) in [5, 5.41) is 0. The lowest BCUT2D eigenvalue weighted by Gasteiger charge is -2.10. The number of anilines is 2. The predicted octanol–water partition coefficient (Wildman–Crippen LogP) is 1.44. The van der Waals surface area contributed by atoms with Crippen molar-refractivity contribution in [3.05, 3.63) is 24.3 Å². The van der Waals surface area contributed by atoms with Crippen LogP contribution in [0.5, 0.6) is 0 Å². The second-order valence-corrected chi connectivity index (χ2v) is 5.80. The smallest absolute Gasteiger partial charge is 0.234 e. The fourth-order valence-electron chi connectivity index (χ4n) is 1.18. The Morgan fingerprint density at radius 1 is 1.29 bits per heavy atom. The van der Waals surface area contributed by atoms with E-state index >= 15 is 0 Å². The summed E-state index contributed by atoms with van der Waals surface area (Å²) in [5.41, 5.74) is 6.60. The summed E-state index contributed by atoms with van der Waals surface area (Å²) < 4.78 is 30.9. The SMILES string of the molecule is CC(C)OCCS(=O)(=O)Nc1ccc(N)cc1. The Hall–Kier alpha value is -1.27. The highest BCUT2D eigenvalue weighted by atomic mass is 32.2.